The minimum Gasteiger partial charge on any atom is -0.334 e. The summed E-state index contributed by atoms with van der Waals surface area (Å²) in [5.41, 5.74) is 5.92. The highest BCUT2D eigenvalue weighted by molar-refractivity contribution is 5.78. The van der Waals surface area contributed by atoms with E-state index in [2.05, 4.69) is 27.4 Å². The topological polar surface area (TPSA) is 46.3 Å². The molecule has 104 valence electrons. The van der Waals surface area contributed by atoms with Crippen molar-refractivity contribution >= 4 is 5.91 Å². The Balaban J connectivity index is 2.69. The monoisotopic (exact) mass is 252 g/mol. The smallest absolute Gasteiger partial charge is 0.225 e. The summed E-state index contributed by atoms with van der Waals surface area (Å²) in [6.45, 7) is 10.5. The van der Waals surface area contributed by atoms with Gasteiger partial charge < -0.3 is 10.6 Å². The van der Waals surface area contributed by atoms with Crippen LogP contribution in [0.3, 0.4) is 0 Å². The lowest BCUT2D eigenvalue weighted by Crippen LogP contribution is -2.51. The highest BCUT2D eigenvalue weighted by atomic mass is 16.2. The second-order valence-electron chi connectivity index (χ2n) is 6.56. The first-order chi connectivity index (χ1) is 8.28. The minimum atomic E-state index is -0.278. The number of hydrogen-bond donors (Lipinski definition) is 1. The third-order valence-electron chi connectivity index (χ3n) is 3.78. The van der Waals surface area contributed by atoms with Gasteiger partial charge in [-0.15, -0.1) is 6.58 Å². The molecule has 0 saturated heterocycles. The number of rotatable bonds is 4. The van der Waals surface area contributed by atoms with Crippen molar-refractivity contribution in [2.75, 3.05) is 6.54 Å². The molecule has 0 heterocycles. The Kier molecular flexibility index (Phi) is 4.97. The molecule has 1 fully saturated rings. The van der Waals surface area contributed by atoms with Gasteiger partial charge in [-0.1, -0.05) is 25.3 Å². The van der Waals surface area contributed by atoms with Crippen LogP contribution >= 0.6 is 0 Å². The van der Waals surface area contributed by atoms with E-state index in [1.54, 1.807) is 6.08 Å². The lowest BCUT2D eigenvalue weighted by molar-refractivity contribution is -0.136. The summed E-state index contributed by atoms with van der Waals surface area (Å²) in [7, 11) is 0. The van der Waals surface area contributed by atoms with Crippen LogP contribution in [0.2, 0.25) is 0 Å². The first kappa shape index (κ1) is 15.2. The molecular weight excluding hydrogens is 224 g/mol. The van der Waals surface area contributed by atoms with E-state index in [0.29, 0.717) is 13.0 Å². The Morgan fingerprint density at radius 1 is 1.33 bits per heavy atom. The standard InChI is InChI=1S/C15H28N2O/c1-5-11-17(14(2,3)4)13(18)12-15(16)9-7-6-8-10-15/h5H,1,6-12,16H2,2-4H3. The number of carbonyl (C=O) groups excluding carboxylic acids is 1. The lowest BCUT2D eigenvalue weighted by Gasteiger charge is -2.39. The van der Waals surface area contributed by atoms with Crippen molar-refractivity contribution in [1.29, 1.82) is 0 Å². The zero-order valence-electron chi connectivity index (χ0n) is 12.2. The van der Waals surface area contributed by atoms with Crippen molar-refractivity contribution in [2.45, 2.75) is 70.4 Å². The first-order valence-electron chi connectivity index (χ1n) is 6.99. The fraction of sp³-hybridized carbons (Fsp3) is 0.800. The number of nitrogens with zero attached hydrogens (tertiary/aromatic N) is 1. The van der Waals surface area contributed by atoms with Gasteiger partial charge in [0.05, 0.1) is 0 Å². The fourth-order valence-electron chi connectivity index (χ4n) is 2.71. The molecule has 3 nitrogen and oxygen atoms in total. The molecule has 0 aliphatic heterocycles. The molecule has 0 atom stereocenters. The van der Waals surface area contributed by atoms with Crippen molar-refractivity contribution in [2.24, 2.45) is 5.73 Å². The van der Waals surface area contributed by atoms with Gasteiger partial charge in [0.2, 0.25) is 5.91 Å². The molecule has 3 heteroatoms. The van der Waals surface area contributed by atoms with Gasteiger partial charge >= 0.3 is 0 Å². The predicted molar refractivity (Wildman–Crippen MR) is 76.3 cm³/mol. The van der Waals surface area contributed by atoms with E-state index in [1.807, 2.05) is 4.90 Å². The molecule has 1 aliphatic carbocycles. The maximum atomic E-state index is 12.5. The van der Waals surface area contributed by atoms with Crippen LogP contribution in [-0.4, -0.2) is 28.4 Å². The quantitative estimate of drug-likeness (QED) is 0.782. The predicted octanol–water partition coefficient (Wildman–Crippen LogP) is 2.85. The highest BCUT2D eigenvalue weighted by Crippen LogP contribution is 2.30. The van der Waals surface area contributed by atoms with Crippen LogP contribution in [0.4, 0.5) is 0 Å². The van der Waals surface area contributed by atoms with Crippen molar-refractivity contribution in [1.82, 2.24) is 4.90 Å². The zero-order valence-corrected chi connectivity index (χ0v) is 12.2. The maximum absolute atomic E-state index is 12.5. The third-order valence-corrected chi connectivity index (χ3v) is 3.78. The summed E-state index contributed by atoms with van der Waals surface area (Å²) in [4.78, 5) is 14.3. The fourth-order valence-corrected chi connectivity index (χ4v) is 2.71. The zero-order chi connectivity index (χ0) is 13.8. The second-order valence-corrected chi connectivity index (χ2v) is 6.56. The Morgan fingerprint density at radius 3 is 2.33 bits per heavy atom. The van der Waals surface area contributed by atoms with Crippen LogP contribution in [0.15, 0.2) is 12.7 Å². The molecule has 0 radical (unpaired) electrons. The van der Waals surface area contributed by atoms with Crippen molar-refractivity contribution < 1.29 is 4.79 Å². The Morgan fingerprint density at radius 2 is 1.89 bits per heavy atom. The van der Waals surface area contributed by atoms with Crippen LogP contribution in [-0.2, 0) is 4.79 Å². The van der Waals surface area contributed by atoms with Crippen LogP contribution in [0.25, 0.3) is 0 Å². The molecule has 0 aromatic rings. The van der Waals surface area contributed by atoms with Gasteiger partial charge in [-0.3, -0.25) is 4.79 Å². The summed E-state index contributed by atoms with van der Waals surface area (Å²) in [6.07, 6.45) is 7.77. The van der Waals surface area contributed by atoms with Gasteiger partial charge in [-0.2, -0.15) is 0 Å². The van der Waals surface area contributed by atoms with E-state index in [9.17, 15) is 4.79 Å². The molecule has 1 amide bonds. The summed E-state index contributed by atoms with van der Waals surface area (Å²) in [5, 5.41) is 0. The normalized spacial score (nSPS) is 19.3. The SMILES string of the molecule is C=CCN(C(=O)CC1(N)CCCCC1)C(C)(C)C. The highest BCUT2D eigenvalue weighted by Gasteiger charge is 2.34. The second kappa shape index (κ2) is 5.87. The molecule has 1 saturated carbocycles. The molecule has 1 aliphatic rings. The Hall–Kier alpha value is -0.830. The van der Waals surface area contributed by atoms with Gasteiger partial charge in [0.15, 0.2) is 0 Å². The van der Waals surface area contributed by atoms with E-state index in [4.69, 9.17) is 5.73 Å². The summed E-state index contributed by atoms with van der Waals surface area (Å²) in [5.74, 6) is 0.159. The van der Waals surface area contributed by atoms with E-state index in [0.717, 1.165) is 25.7 Å². The lowest BCUT2D eigenvalue weighted by atomic mass is 9.79. The number of amides is 1. The van der Waals surface area contributed by atoms with Gasteiger partial charge in [0.1, 0.15) is 0 Å². The molecule has 0 bridgehead atoms. The van der Waals surface area contributed by atoms with Crippen LogP contribution in [0.5, 0.6) is 0 Å². The molecule has 0 unspecified atom stereocenters. The van der Waals surface area contributed by atoms with Crippen molar-refractivity contribution in [3.63, 3.8) is 0 Å². The van der Waals surface area contributed by atoms with Crippen LogP contribution < -0.4 is 5.73 Å². The molecule has 0 aromatic heterocycles. The average Bonchev–Trinajstić information content (AvgIpc) is 2.24. The van der Waals surface area contributed by atoms with Crippen molar-refractivity contribution in [3.8, 4) is 0 Å². The van der Waals surface area contributed by atoms with Gasteiger partial charge in [-0.25, -0.2) is 0 Å². The molecule has 0 spiro atoms. The molecule has 0 aromatic carbocycles. The van der Waals surface area contributed by atoms with E-state index >= 15 is 0 Å². The third kappa shape index (κ3) is 4.13. The van der Waals surface area contributed by atoms with Gasteiger partial charge in [0.25, 0.3) is 0 Å². The van der Waals surface area contributed by atoms with Crippen LogP contribution in [0.1, 0.15) is 59.3 Å². The largest absolute Gasteiger partial charge is 0.334 e. The number of nitrogens with two attached hydrogens (primary N) is 1. The van der Waals surface area contributed by atoms with Gasteiger partial charge in [-0.05, 0) is 33.6 Å². The minimum absolute atomic E-state index is 0.159. The average molecular weight is 252 g/mol. The Bertz CT molecular complexity index is 298. The summed E-state index contributed by atoms with van der Waals surface area (Å²) >= 11 is 0. The molecule has 18 heavy (non-hydrogen) atoms. The van der Waals surface area contributed by atoms with Crippen LogP contribution in [0, 0.1) is 0 Å². The molecule has 2 N–H and O–H groups in total. The molecular formula is C15H28N2O. The van der Waals surface area contributed by atoms with E-state index in [-0.39, 0.29) is 17.0 Å². The van der Waals surface area contributed by atoms with Gasteiger partial charge in [0, 0.05) is 24.0 Å². The van der Waals surface area contributed by atoms with Crippen molar-refractivity contribution in [3.05, 3.63) is 12.7 Å². The first-order valence-corrected chi connectivity index (χ1v) is 6.99. The van der Waals surface area contributed by atoms with E-state index in [1.165, 1.54) is 6.42 Å². The van der Waals surface area contributed by atoms with E-state index < -0.39 is 0 Å². The summed E-state index contributed by atoms with van der Waals surface area (Å²) < 4.78 is 0. The number of carbonyl (C=O) groups is 1. The molecule has 1 rings (SSSR count). The Labute approximate surface area is 111 Å². The maximum Gasteiger partial charge on any atom is 0.225 e. The number of hydrogen-bond acceptors (Lipinski definition) is 2. The summed E-state index contributed by atoms with van der Waals surface area (Å²) in [6, 6.07) is 0.